The molecule has 0 atom stereocenters. The number of rotatable bonds is 6. The van der Waals surface area contributed by atoms with Gasteiger partial charge in [0, 0.05) is 11.0 Å². The normalized spacial score (nSPS) is 11.8. The van der Waals surface area contributed by atoms with Crippen molar-refractivity contribution in [3.63, 3.8) is 0 Å². The first-order valence-electron chi connectivity index (χ1n) is 7.07. The van der Waals surface area contributed by atoms with Gasteiger partial charge in [0.15, 0.2) is 0 Å². The van der Waals surface area contributed by atoms with Gasteiger partial charge < -0.3 is 9.32 Å². The third-order valence-corrected chi connectivity index (χ3v) is 3.89. The van der Waals surface area contributed by atoms with E-state index in [4.69, 9.17) is 4.42 Å². The Hall–Kier alpha value is -2.15. The first-order chi connectivity index (χ1) is 11.4. The number of halogens is 3. The lowest BCUT2D eigenvalue weighted by Gasteiger charge is -2.21. The Balaban J connectivity index is 2.09. The molecule has 0 bridgehead atoms. The summed E-state index contributed by atoms with van der Waals surface area (Å²) in [6, 6.07) is 10.5. The highest BCUT2D eigenvalue weighted by molar-refractivity contribution is 7.98. The number of carbonyl (C=O) groups is 1. The molecule has 0 aliphatic carbocycles. The van der Waals surface area contributed by atoms with E-state index in [0.717, 1.165) is 16.5 Å². The summed E-state index contributed by atoms with van der Waals surface area (Å²) in [7, 11) is 0. The van der Waals surface area contributed by atoms with Gasteiger partial charge in [-0.05, 0) is 42.2 Å². The maximum Gasteiger partial charge on any atom is 0.406 e. The fourth-order valence-corrected chi connectivity index (χ4v) is 2.42. The summed E-state index contributed by atoms with van der Waals surface area (Å²) >= 11 is 1.58. The molecule has 0 aliphatic heterocycles. The molecule has 0 saturated carbocycles. The molecule has 0 aliphatic rings. The second-order valence-electron chi connectivity index (χ2n) is 5.00. The standard InChI is InChI=1S/C17H16F3NO2S/c1-24-15-7-4-13(5-8-15)6-9-16(22)21(12-17(18,19)20)11-14-3-2-10-23-14/h2-10H,11-12H2,1H3/b9-6+. The van der Waals surface area contributed by atoms with E-state index in [0.29, 0.717) is 10.7 Å². The minimum atomic E-state index is -4.48. The molecule has 0 fully saturated rings. The number of furan rings is 1. The third-order valence-electron chi connectivity index (χ3n) is 3.14. The lowest BCUT2D eigenvalue weighted by atomic mass is 10.2. The molecule has 1 aromatic carbocycles. The highest BCUT2D eigenvalue weighted by Crippen LogP contribution is 2.19. The zero-order chi connectivity index (χ0) is 17.6. The first-order valence-corrected chi connectivity index (χ1v) is 8.30. The number of hydrogen-bond acceptors (Lipinski definition) is 3. The van der Waals surface area contributed by atoms with E-state index in [9.17, 15) is 18.0 Å². The van der Waals surface area contributed by atoms with Crippen molar-refractivity contribution >= 4 is 23.7 Å². The number of hydrogen-bond donors (Lipinski definition) is 0. The monoisotopic (exact) mass is 355 g/mol. The van der Waals surface area contributed by atoms with E-state index >= 15 is 0 Å². The minimum Gasteiger partial charge on any atom is -0.467 e. The van der Waals surface area contributed by atoms with E-state index in [1.807, 2.05) is 18.4 Å². The van der Waals surface area contributed by atoms with Crippen LogP contribution in [-0.2, 0) is 11.3 Å². The average Bonchev–Trinajstić information content (AvgIpc) is 3.04. The number of nitrogens with zero attached hydrogens (tertiary/aromatic N) is 1. The van der Waals surface area contributed by atoms with Crippen LogP contribution in [0.25, 0.3) is 6.08 Å². The second-order valence-corrected chi connectivity index (χ2v) is 5.87. The van der Waals surface area contributed by atoms with Gasteiger partial charge in [0.25, 0.3) is 0 Å². The van der Waals surface area contributed by atoms with Crippen LogP contribution in [0.3, 0.4) is 0 Å². The molecular weight excluding hydrogens is 339 g/mol. The van der Waals surface area contributed by atoms with Crippen LogP contribution >= 0.6 is 11.8 Å². The van der Waals surface area contributed by atoms with Crippen LogP contribution in [-0.4, -0.2) is 29.8 Å². The molecule has 1 amide bonds. The van der Waals surface area contributed by atoms with Crippen LogP contribution < -0.4 is 0 Å². The molecule has 0 saturated heterocycles. The van der Waals surface area contributed by atoms with Crippen molar-refractivity contribution < 1.29 is 22.4 Å². The average molecular weight is 355 g/mol. The van der Waals surface area contributed by atoms with Gasteiger partial charge in [-0.25, -0.2) is 0 Å². The molecule has 0 N–H and O–H groups in total. The van der Waals surface area contributed by atoms with Gasteiger partial charge in [0.1, 0.15) is 12.3 Å². The molecule has 1 heterocycles. The number of thioether (sulfide) groups is 1. The van der Waals surface area contributed by atoms with Crippen LogP contribution in [0, 0.1) is 0 Å². The molecule has 0 spiro atoms. The first kappa shape index (κ1) is 18.2. The van der Waals surface area contributed by atoms with Gasteiger partial charge in [-0.2, -0.15) is 13.2 Å². The largest absolute Gasteiger partial charge is 0.467 e. The summed E-state index contributed by atoms with van der Waals surface area (Å²) in [6.45, 7) is -1.57. The van der Waals surface area contributed by atoms with Crippen molar-refractivity contribution in [2.24, 2.45) is 0 Å². The van der Waals surface area contributed by atoms with Crippen LogP contribution in [0.5, 0.6) is 0 Å². The summed E-state index contributed by atoms with van der Waals surface area (Å²) in [5.41, 5.74) is 0.742. The van der Waals surface area contributed by atoms with E-state index in [2.05, 4.69) is 0 Å². The lowest BCUT2D eigenvalue weighted by molar-refractivity contribution is -0.159. The fraction of sp³-hybridized carbons (Fsp3) is 0.235. The summed E-state index contributed by atoms with van der Waals surface area (Å²) in [5.74, 6) is -0.428. The Labute approximate surface area is 142 Å². The molecule has 7 heteroatoms. The number of alkyl halides is 3. The van der Waals surface area contributed by atoms with Crippen LogP contribution in [0.2, 0.25) is 0 Å². The van der Waals surface area contributed by atoms with Crippen LogP contribution in [0.1, 0.15) is 11.3 Å². The molecule has 0 unspecified atom stereocenters. The summed E-state index contributed by atoms with van der Waals surface area (Å²) in [4.78, 5) is 13.9. The highest BCUT2D eigenvalue weighted by atomic mass is 32.2. The Kier molecular flexibility index (Phi) is 6.14. The van der Waals surface area contributed by atoms with Crippen LogP contribution in [0.4, 0.5) is 13.2 Å². The smallest absolute Gasteiger partial charge is 0.406 e. The summed E-state index contributed by atoms with van der Waals surface area (Å²) in [6.07, 6.45) is 1.46. The van der Waals surface area contributed by atoms with Gasteiger partial charge in [-0.3, -0.25) is 4.79 Å². The molecule has 0 radical (unpaired) electrons. The maximum absolute atomic E-state index is 12.7. The van der Waals surface area contributed by atoms with Gasteiger partial charge in [-0.15, -0.1) is 11.8 Å². The maximum atomic E-state index is 12.7. The van der Waals surface area contributed by atoms with E-state index in [1.165, 1.54) is 18.4 Å². The predicted molar refractivity (Wildman–Crippen MR) is 87.4 cm³/mol. The molecule has 24 heavy (non-hydrogen) atoms. The van der Waals surface area contributed by atoms with Crippen molar-refractivity contribution in [1.29, 1.82) is 0 Å². The molecule has 2 aromatic rings. The SMILES string of the molecule is CSc1ccc(/C=C/C(=O)N(Cc2ccco2)CC(F)(F)F)cc1. The molecule has 1 aromatic heterocycles. The van der Waals surface area contributed by atoms with Gasteiger partial charge in [0.05, 0.1) is 12.8 Å². The fourth-order valence-electron chi connectivity index (χ4n) is 2.01. The van der Waals surface area contributed by atoms with Gasteiger partial charge in [0.2, 0.25) is 5.91 Å². The lowest BCUT2D eigenvalue weighted by Crippen LogP contribution is -2.37. The predicted octanol–water partition coefficient (Wildman–Crippen LogP) is 4.61. The van der Waals surface area contributed by atoms with E-state index in [1.54, 1.807) is 30.0 Å². The topological polar surface area (TPSA) is 33.5 Å². The molecule has 128 valence electrons. The van der Waals surface area contributed by atoms with E-state index < -0.39 is 18.6 Å². The Morgan fingerprint density at radius 2 is 1.96 bits per heavy atom. The van der Waals surface area contributed by atoms with Crippen molar-refractivity contribution in [3.05, 3.63) is 60.1 Å². The van der Waals surface area contributed by atoms with Gasteiger partial charge in [-0.1, -0.05) is 12.1 Å². The van der Waals surface area contributed by atoms with Crippen molar-refractivity contribution in [3.8, 4) is 0 Å². The Morgan fingerprint density at radius 3 is 2.50 bits per heavy atom. The zero-order valence-corrected chi connectivity index (χ0v) is 13.7. The van der Waals surface area contributed by atoms with Crippen molar-refractivity contribution in [1.82, 2.24) is 4.90 Å². The van der Waals surface area contributed by atoms with Crippen LogP contribution in [0.15, 0.2) is 58.1 Å². The summed E-state index contributed by atoms with van der Waals surface area (Å²) < 4.78 is 43.1. The number of amides is 1. The van der Waals surface area contributed by atoms with Crippen molar-refractivity contribution in [2.75, 3.05) is 12.8 Å². The Bertz CT molecular complexity index is 679. The Morgan fingerprint density at radius 1 is 1.25 bits per heavy atom. The molecular formula is C17H16F3NO2S. The quantitative estimate of drug-likeness (QED) is 0.561. The zero-order valence-electron chi connectivity index (χ0n) is 12.9. The second kappa shape index (κ2) is 8.10. The highest BCUT2D eigenvalue weighted by Gasteiger charge is 2.32. The molecule has 2 rings (SSSR count). The van der Waals surface area contributed by atoms with Gasteiger partial charge >= 0.3 is 6.18 Å². The number of carbonyl (C=O) groups excluding carboxylic acids is 1. The third kappa shape index (κ3) is 5.81. The molecule has 3 nitrogen and oxygen atoms in total. The van der Waals surface area contributed by atoms with E-state index in [-0.39, 0.29) is 6.54 Å². The van der Waals surface area contributed by atoms with Crippen molar-refractivity contribution in [2.45, 2.75) is 17.6 Å². The minimum absolute atomic E-state index is 0.235. The number of benzene rings is 1. The summed E-state index contributed by atoms with van der Waals surface area (Å²) in [5, 5.41) is 0.